The summed E-state index contributed by atoms with van der Waals surface area (Å²) in [6, 6.07) is 14.6. The molecule has 162 valence electrons. The monoisotopic (exact) mass is 441 g/mol. The minimum absolute atomic E-state index is 0.121. The van der Waals surface area contributed by atoms with Gasteiger partial charge in [0.2, 0.25) is 10.0 Å². The molecular formula is C23H24FN3O3S. The lowest BCUT2D eigenvalue weighted by Crippen LogP contribution is -2.48. The molecule has 0 amide bonds. The Hall–Kier alpha value is -2.84. The van der Waals surface area contributed by atoms with Crippen LogP contribution in [0.3, 0.4) is 0 Å². The third kappa shape index (κ3) is 4.75. The number of halogens is 1. The fraction of sp³-hybridized carbons (Fsp3) is 0.304. The highest BCUT2D eigenvalue weighted by Crippen LogP contribution is 2.28. The lowest BCUT2D eigenvalue weighted by atomic mass is 9.92. The quantitative estimate of drug-likeness (QED) is 0.660. The molecular weight excluding hydrogens is 417 g/mol. The number of pyridine rings is 2. The molecule has 0 radical (unpaired) electrons. The van der Waals surface area contributed by atoms with E-state index in [2.05, 4.69) is 9.71 Å². The number of aryl methyl sites for hydroxylation is 2. The molecule has 0 fully saturated rings. The lowest BCUT2D eigenvalue weighted by Gasteiger charge is -2.35. The minimum atomic E-state index is -3.46. The van der Waals surface area contributed by atoms with Gasteiger partial charge in [0.25, 0.3) is 5.56 Å². The maximum Gasteiger partial charge on any atom is 0.253 e. The van der Waals surface area contributed by atoms with Crippen LogP contribution in [-0.2, 0) is 22.9 Å². The van der Waals surface area contributed by atoms with Gasteiger partial charge in [0.1, 0.15) is 5.82 Å². The van der Waals surface area contributed by atoms with Crippen LogP contribution >= 0.6 is 0 Å². The molecule has 2 unspecified atom stereocenters. The summed E-state index contributed by atoms with van der Waals surface area (Å²) in [5, 5.41) is 0. The van der Waals surface area contributed by atoms with E-state index in [1.807, 2.05) is 18.2 Å². The molecule has 4 rings (SSSR count). The van der Waals surface area contributed by atoms with Gasteiger partial charge in [0.05, 0.1) is 18.0 Å². The van der Waals surface area contributed by atoms with E-state index < -0.39 is 22.1 Å². The SMILES string of the molecule is Cc1ccc2n(c1=O)C(Cc1cccc(-c3cccc(F)c3)n1)C(NS(C)(=O)=O)CC2. The molecule has 2 aromatic heterocycles. The van der Waals surface area contributed by atoms with Crippen LogP contribution in [0.2, 0.25) is 0 Å². The number of nitrogens with zero attached hydrogens (tertiary/aromatic N) is 2. The zero-order chi connectivity index (χ0) is 22.2. The summed E-state index contributed by atoms with van der Waals surface area (Å²) in [5.74, 6) is -0.342. The average molecular weight is 442 g/mol. The van der Waals surface area contributed by atoms with Crippen molar-refractivity contribution in [2.24, 2.45) is 0 Å². The fourth-order valence-electron chi connectivity index (χ4n) is 4.20. The maximum absolute atomic E-state index is 13.7. The molecule has 3 heterocycles. The summed E-state index contributed by atoms with van der Waals surface area (Å²) in [5.41, 5.74) is 3.35. The van der Waals surface area contributed by atoms with E-state index in [1.54, 1.807) is 35.8 Å². The summed E-state index contributed by atoms with van der Waals surface area (Å²) < 4.78 is 42.0. The van der Waals surface area contributed by atoms with Gasteiger partial charge in [-0.05, 0) is 50.1 Å². The van der Waals surface area contributed by atoms with Crippen molar-refractivity contribution < 1.29 is 12.8 Å². The van der Waals surface area contributed by atoms with Gasteiger partial charge in [-0.1, -0.05) is 24.3 Å². The van der Waals surface area contributed by atoms with Crippen molar-refractivity contribution in [2.75, 3.05) is 6.26 Å². The topological polar surface area (TPSA) is 81.1 Å². The molecule has 1 aliphatic rings. The van der Waals surface area contributed by atoms with Crippen molar-refractivity contribution in [1.29, 1.82) is 0 Å². The number of hydrogen-bond acceptors (Lipinski definition) is 4. The van der Waals surface area contributed by atoms with Crippen LogP contribution in [-0.4, -0.2) is 30.3 Å². The van der Waals surface area contributed by atoms with Gasteiger partial charge in [0.15, 0.2) is 0 Å². The number of rotatable bonds is 5. The highest BCUT2D eigenvalue weighted by molar-refractivity contribution is 7.88. The second-order valence-corrected chi connectivity index (χ2v) is 9.79. The highest BCUT2D eigenvalue weighted by atomic mass is 32.2. The molecule has 1 N–H and O–H groups in total. The van der Waals surface area contributed by atoms with Gasteiger partial charge < -0.3 is 4.57 Å². The lowest BCUT2D eigenvalue weighted by molar-refractivity contribution is 0.313. The smallest absolute Gasteiger partial charge is 0.253 e. The number of fused-ring (bicyclic) bond motifs is 1. The Morgan fingerprint density at radius 1 is 1.16 bits per heavy atom. The number of hydrogen-bond donors (Lipinski definition) is 1. The van der Waals surface area contributed by atoms with Crippen LogP contribution in [0.15, 0.2) is 59.4 Å². The van der Waals surface area contributed by atoms with Gasteiger partial charge in [-0.3, -0.25) is 9.78 Å². The van der Waals surface area contributed by atoms with Crippen molar-refractivity contribution in [1.82, 2.24) is 14.3 Å². The molecule has 8 heteroatoms. The van der Waals surface area contributed by atoms with Crippen molar-refractivity contribution in [3.63, 3.8) is 0 Å². The third-order valence-corrected chi connectivity index (χ3v) is 6.34. The second-order valence-electron chi connectivity index (χ2n) is 8.01. The molecule has 6 nitrogen and oxygen atoms in total. The third-order valence-electron chi connectivity index (χ3n) is 5.61. The van der Waals surface area contributed by atoms with Gasteiger partial charge in [0, 0.05) is 35.0 Å². The first-order valence-electron chi connectivity index (χ1n) is 10.1. The predicted octanol–water partition coefficient (Wildman–Crippen LogP) is 3.01. The molecule has 0 bridgehead atoms. The standard InChI is InChI=1S/C23H24FN3O3S/c1-15-9-10-19-11-12-21(26-31(2,29)30)22(27(19)23(15)28)14-18-7-4-8-20(25-18)16-5-3-6-17(24)13-16/h3-10,13,21-22,26H,11-12,14H2,1-2H3. The van der Waals surface area contributed by atoms with Gasteiger partial charge >= 0.3 is 0 Å². The number of sulfonamides is 1. The summed E-state index contributed by atoms with van der Waals surface area (Å²) in [7, 11) is -3.46. The van der Waals surface area contributed by atoms with E-state index in [9.17, 15) is 17.6 Å². The molecule has 31 heavy (non-hydrogen) atoms. The van der Waals surface area contributed by atoms with Gasteiger partial charge in [-0.15, -0.1) is 0 Å². The zero-order valence-corrected chi connectivity index (χ0v) is 18.2. The Kier molecular flexibility index (Phi) is 5.77. The summed E-state index contributed by atoms with van der Waals surface area (Å²) in [4.78, 5) is 17.6. The summed E-state index contributed by atoms with van der Waals surface area (Å²) in [6.07, 6.45) is 2.69. The normalized spacial score (nSPS) is 18.5. The molecule has 2 atom stereocenters. The minimum Gasteiger partial charge on any atom is -0.307 e. The van der Waals surface area contributed by atoms with E-state index in [4.69, 9.17) is 0 Å². The first kappa shape index (κ1) is 21.4. The Morgan fingerprint density at radius 2 is 1.94 bits per heavy atom. The van der Waals surface area contributed by atoms with Crippen LogP contribution in [0, 0.1) is 12.7 Å². The van der Waals surface area contributed by atoms with E-state index in [1.165, 1.54) is 12.1 Å². The molecule has 0 aliphatic carbocycles. The molecule has 3 aromatic rings. The zero-order valence-electron chi connectivity index (χ0n) is 17.4. The number of nitrogens with one attached hydrogen (secondary N) is 1. The number of aromatic nitrogens is 2. The Bertz CT molecular complexity index is 1290. The average Bonchev–Trinajstić information content (AvgIpc) is 2.71. The Labute approximate surface area is 180 Å². The molecule has 1 aromatic carbocycles. The molecule has 0 spiro atoms. The van der Waals surface area contributed by atoms with Crippen LogP contribution in [0.4, 0.5) is 4.39 Å². The Morgan fingerprint density at radius 3 is 2.68 bits per heavy atom. The molecule has 0 saturated carbocycles. The van der Waals surface area contributed by atoms with Crippen molar-refractivity contribution in [3.05, 3.63) is 87.7 Å². The van der Waals surface area contributed by atoms with Crippen LogP contribution in [0.25, 0.3) is 11.3 Å². The highest BCUT2D eigenvalue weighted by Gasteiger charge is 2.32. The van der Waals surface area contributed by atoms with Crippen LogP contribution in [0.1, 0.15) is 29.4 Å². The summed E-state index contributed by atoms with van der Waals surface area (Å²) >= 11 is 0. The van der Waals surface area contributed by atoms with Crippen molar-refractivity contribution in [3.8, 4) is 11.3 Å². The first-order chi connectivity index (χ1) is 14.7. The van der Waals surface area contributed by atoms with E-state index in [-0.39, 0.29) is 11.4 Å². The van der Waals surface area contributed by atoms with Crippen LogP contribution < -0.4 is 10.3 Å². The van der Waals surface area contributed by atoms with Gasteiger partial charge in [-0.2, -0.15) is 0 Å². The van der Waals surface area contributed by atoms with Crippen molar-refractivity contribution >= 4 is 10.0 Å². The second kappa shape index (κ2) is 8.36. The maximum atomic E-state index is 13.7. The van der Waals surface area contributed by atoms with Gasteiger partial charge in [-0.25, -0.2) is 17.5 Å². The van der Waals surface area contributed by atoms with E-state index in [0.29, 0.717) is 41.8 Å². The largest absolute Gasteiger partial charge is 0.307 e. The molecule has 1 aliphatic heterocycles. The first-order valence-corrected chi connectivity index (χ1v) is 12.0. The van der Waals surface area contributed by atoms with E-state index >= 15 is 0 Å². The Balaban J connectivity index is 1.75. The summed E-state index contributed by atoms with van der Waals surface area (Å²) in [6.45, 7) is 1.75. The fourth-order valence-corrected chi connectivity index (χ4v) is 5.02. The van der Waals surface area contributed by atoms with Crippen molar-refractivity contribution in [2.45, 2.75) is 38.3 Å². The van der Waals surface area contributed by atoms with Crippen LogP contribution in [0.5, 0.6) is 0 Å². The molecule has 0 saturated heterocycles. The van der Waals surface area contributed by atoms with E-state index in [0.717, 1.165) is 11.9 Å². The predicted molar refractivity (Wildman–Crippen MR) is 118 cm³/mol. The number of benzene rings is 1.